The van der Waals surface area contributed by atoms with Crippen LogP contribution in [0.2, 0.25) is 0 Å². The quantitative estimate of drug-likeness (QED) is 0.374. The Labute approximate surface area is 99.1 Å². The van der Waals surface area contributed by atoms with Gasteiger partial charge in [-0.25, -0.2) is 0 Å². The highest BCUT2D eigenvalue weighted by molar-refractivity contribution is 5.02. The van der Waals surface area contributed by atoms with Gasteiger partial charge in [-0.05, 0) is 32.6 Å². The van der Waals surface area contributed by atoms with Gasteiger partial charge in [0.25, 0.3) is 0 Å². The number of hydrogen-bond donors (Lipinski definition) is 1. The maximum absolute atomic E-state index is 8.60. The molecule has 1 N–H and O–H groups in total. The minimum absolute atomic E-state index is 0.294. The molecule has 3 nitrogen and oxygen atoms in total. The second-order valence-electron chi connectivity index (χ2n) is 3.45. The van der Waals surface area contributed by atoms with E-state index in [-0.39, 0.29) is 6.29 Å². The molecular formula is C13H24O3. The number of aliphatic hydroxyl groups excluding tert-OH is 1. The van der Waals surface area contributed by atoms with Gasteiger partial charge in [0.05, 0.1) is 0 Å². The van der Waals surface area contributed by atoms with E-state index < -0.39 is 0 Å². The molecule has 0 rings (SSSR count). The molecule has 0 radical (unpaired) electrons. The van der Waals surface area contributed by atoms with E-state index in [4.69, 9.17) is 14.6 Å². The van der Waals surface area contributed by atoms with Crippen LogP contribution in [0.3, 0.4) is 0 Å². The summed E-state index contributed by atoms with van der Waals surface area (Å²) in [7, 11) is 0. The molecule has 0 aromatic heterocycles. The average Bonchev–Trinajstić information content (AvgIpc) is 2.28. The van der Waals surface area contributed by atoms with E-state index in [1.807, 2.05) is 13.8 Å². The smallest absolute Gasteiger partial charge is 0.222 e. The third-order valence-electron chi connectivity index (χ3n) is 2.07. The first-order valence-electron chi connectivity index (χ1n) is 6.17. The zero-order chi connectivity index (χ0) is 12.1. The van der Waals surface area contributed by atoms with Crippen molar-refractivity contribution in [3.63, 3.8) is 0 Å². The number of ether oxygens (including phenoxy) is 2. The highest BCUT2D eigenvalue weighted by Crippen LogP contribution is 2.01. The van der Waals surface area contributed by atoms with Crippen LogP contribution in [0.1, 0.15) is 46.0 Å². The SMILES string of the molecule is CCOC(C#CCCCCCCO)OCC. The van der Waals surface area contributed by atoms with E-state index in [9.17, 15) is 0 Å². The standard InChI is InChI=1S/C13H24O3/c1-3-15-13(16-4-2)11-9-7-5-6-8-10-12-14/h13-14H,3-8,10,12H2,1-2H3. The van der Waals surface area contributed by atoms with E-state index >= 15 is 0 Å². The first-order chi connectivity index (χ1) is 7.85. The van der Waals surface area contributed by atoms with Crippen LogP contribution in [0.5, 0.6) is 0 Å². The largest absolute Gasteiger partial charge is 0.396 e. The van der Waals surface area contributed by atoms with Crippen molar-refractivity contribution in [3.8, 4) is 11.8 Å². The van der Waals surface area contributed by atoms with Crippen molar-refractivity contribution in [2.45, 2.75) is 52.2 Å². The molecule has 94 valence electrons. The number of unbranched alkanes of at least 4 members (excludes halogenated alkanes) is 4. The normalized spacial score (nSPS) is 10.2. The third-order valence-corrected chi connectivity index (χ3v) is 2.07. The Bertz CT molecular complexity index is 187. The molecule has 3 heteroatoms. The van der Waals surface area contributed by atoms with Crippen LogP contribution in [-0.4, -0.2) is 31.2 Å². The van der Waals surface area contributed by atoms with Crippen molar-refractivity contribution < 1.29 is 14.6 Å². The molecule has 0 heterocycles. The Kier molecular flexibility index (Phi) is 12.1. The van der Waals surface area contributed by atoms with Crippen LogP contribution in [0.15, 0.2) is 0 Å². The Hall–Kier alpha value is -0.560. The van der Waals surface area contributed by atoms with Crippen molar-refractivity contribution in [1.29, 1.82) is 0 Å². The number of aliphatic hydroxyl groups is 1. The summed E-state index contributed by atoms with van der Waals surface area (Å²) in [5, 5.41) is 8.60. The Balaban J connectivity index is 3.54. The van der Waals surface area contributed by atoms with Gasteiger partial charge in [-0.2, -0.15) is 0 Å². The first-order valence-corrected chi connectivity index (χ1v) is 6.17. The van der Waals surface area contributed by atoms with Crippen LogP contribution >= 0.6 is 0 Å². The summed E-state index contributed by atoms with van der Waals surface area (Å²) in [6, 6.07) is 0. The molecular weight excluding hydrogens is 204 g/mol. The molecule has 0 saturated heterocycles. The highest BCUT2D eigenvalue weighted by atomic mass is 16.7. The lowest BCUT2D eigenvalue weighted by Gasteiger charge is -2.09. The highest BCUT2D eigenvalue weighted by Gasteiger charge is 2.00. The van der Waals surface area contributed by atoms with Gasteiger partial charge in [-0.1, -0.05) is 18.8 Å². The van der Waals surface area contributed by atoms with Crippen LogP contribution in [0, 0.1) is 11.8 Å². The molecule has 0 aliphatic rings. The molecule has 0 aliphatic carbocycles. The van der Waals surface area contributed by atoms with Gasteiger partial charge in [-0.3, -0.25) is 0 Å². The second-order valence-corrected chi connectivity index (χ2v) is 3.45. The number of hydrogen-bond acceptors (Lipinski definition) is 3. The fraction of sp³-hybridized carbons (Fsp3) is 0.846. The fourth-order valence-electron chi connectivity index (χ4n) is 1.27. The molecule has 0 amide bonds. The van der Waals surface area contributed by atoms with Crippen LogP contribution in [0.4, 0.5) is 0 Å². The van der Waals surface area contributed by atoms with Gasteiger partial charge < -0.3 is 14.6 Å². The minimum Gasteiger partial charge on any atom is -0.396 e. The second kappa shape index (κ2) is 12.5. The topological polar surface area (TPSA) is 38.7 Å². The van der Waals surface area contributed by atoms with Crippen molar-refractivity contribution in [2.75, 3.05) is 19.8 Å². The zero-order valence-corrected chi connectivity index (χ0v) is 10.5. The third kappa shape index (κ3) is 9.97. The zero-order valence-electron chi connectivity index (χ0n) is 10.5. The maximum Gasteiger partial charge on any atom is 0.222 e. The summed E-state index contributed by atoms with van der Waals surface area (Å²) in [6.45, 7) is 5.40. The monoisotopic (exact) mass is 228 g/mol. The van der Waals surface area contributed by atoms with Crippen molar-refractivity contribution in [2.24, 2.45) is 0 Å². The summed E-state index contributed by atoms with van der Waals surface area (Å²) in [5.41, 5.74) is 0. The lowest BCUT2D eigenvalue weighted by molar-refractivity contribution is -0.0970. The molecule has 0 spiro atoms. The predicted molar refractivity (Wildman–Crippen MR) is 65.0 cm³/mol. The summed E-state index contributed by atoms with van der Waals surface area (Å²) in [6.07, 6.45) is 4.70. The molecule has 0 aromatic rings. The fourth-order valence-corrected chi connectivity index (χ4v) is 1.27. The van der Waals surface area contributed by atoms with Crippen LogP contribution in [0.25, 0.3) is 0 Å². The van der Waals surface area contributed by atoms with Crippen molar-refractivity contribution in [1.82, 2.24) is 0 Å². The molecule has 0 atom stereocenters. The summed E-state index contributed by atoms with van der Waals surface area (Å²) < 4.78 is 10.6. The number of rotatable bonds is 9. The Morgan fingerprint density at radius 3 is 2.19 bits per heavy atom. The molecule has 0 unspecified atom stereocenters. The maximum atomic E-state index is 8.60. The lowest BCUT2D eigenvalue weighted by Crippen LogP contribution is -2.14. The van der Waals surface area contributed by atoms with Gasteiger partial charge in [0.15, 0.2) is 0 Å². The van der Waals surface area contributed by atoms with Crippen LogP contribution < -0.4 is 0 Å². The van der Waals surface area contributed by atoms with E-state index in [1.165, 1.54) is 0 Å². The molecule has 0 fully saturated rings. The molecule has 0 saturated carbocycles. The summed E-state index contributed by atoms with van der Waals surface area (Å²) >= 11 is 0. The van der Waals surface area contributed by atoms with E-state index in [1.54, 1.807) is 0 Å². The van der Waals surface area contributed by atoms with E-state index in [0.29, 0.717) is 19.8 Å². The van der Waals surface area contributed by atoms with Gasteiger partial charge in [-0.15, -0.1) is 0 Å². The van der Waals surface area contributed by atoms with E-state index in [0.717, 1.165) is 32.1 Å². The van der Waals surface area contributed by atoms with Gasteiger partial charge >= 0.3 is 0 Å². The summed E-state index contributed by atoms with van der Waals surface area (Å²) in [4.78, 5) is 0. The Morgan fingerprint density at radius 1 is 1.00 bits per heavy atom. The molecule has 16 heavy (non-hydrogen) atoms. The van der Waals surface area contributed by atoms with Gasteiger partial charge in [0.1, 0.15) is 0 Å². The van der Waals surface area contributed by atoms with Crippen molar-refractivity contribution >= 4 is 0 Å². The molecule has 0 aliphatic heterocycles. The van der Waals surface area contributed by atoms with Crippen molar-refractivity contribution in [3.05, 3.63) is 0 Å². The Morgan fingerprint density at radius 2 is 1.62 bits per heavy atom. The predicted octanol–water partition coefficient (Wildman–Crippen LogP) is 2.33. The lowest BCUT2D eigenvalue weighted by atomic mass is 10.1. The average molecular weight is 228 g/mol. The van der Waals surface area contributed by atoms with E-state index in [2.05, 4.69) is 11.8 Å². The van der Waals surface area contributed by atoms with Gasteiger partial charge in [0, 0.05) is 26.2 Å². The summed E-state index contributed by atoms with van der Waals surface area (Å²) in [5.74, 6) is 6.04. The molecule has 0 bridgehead atoms. The molecule has 0 aromatic carbocycles. The van der Waals surface area contributed by atoms with Gasteiger partial charge in [0.2, 0.25) is 6.29 Å². The first kappa shape index (κ1) is 15.4. The minimum atomic E-state index is -0.368. The van der Waals surface area contributed by atoms with Crippen LogP contribution in [-0.2, 0) is 9.47 Å².